The number of nitro benzene ring substituents is 1. The van der Waals surface area contributed by atoms with Gasteiger partial charge >= 0.3 is 0 Å². The highest BCUT2D eigenvalue weighted by Crippen LogP contribution is 2.34. The van der Waals surface area contributed by atoms with E-state index in [-0.39, 0.29) is 16.5 Å². The fourth-order valence-electron chi connectivity index (χ4n) is 3.60. The fourth-order valence-corrected chi connectivity index (χ4v) is 4.32. The number of piperidine rings is 1. The lowest BCUT2D eigenvalue weighted by Gasteiger charge is -2.23. The van der Waals surface area contributed by atoms with Crippen LogP contribution in [0.2, 0.25) is 0 Å². The number of para-hydroxylation sites is 1. The Labute approximate surface area is 167 Å². The molecule has 4 rings (SSSR count). The zero-order valence-electron chi connectivity index (χ0n) is 15.3. The monoisotopic (exact) mass is 395 g/mol. The van der Waals surface area contributed by atoms with E-state index in [1.165, 1.54) is 11.3 Å². The molecular formula is C20H21N5O2S. The van der Waals surface area contributed by atoms with E-state index in [2.05, 4.69) is 20.6 Å². The molecule has 1 saturated heterocycles. The normalized spacial score (nSPS) is 16.6. The van der Waals surface area contributed by atoms with Gasteiger partial charge in [-0.25, -0.2) is 4.98 Å². The second-order valence-electron chi connectivity index (χ2n) is 6.78. The van der Waals surface area contributed by atoms with Crippen LogP contribution in [0.3, 0.4) is 0 Å². The molecule has 1 unspecified atom stereocenters. The van der Waals surface area contributed by atoms with Gasteiger partial charge in [0.2, 0.25) is 0 Å². The van der Waals surface area contributed by atoms with E-state index in [9.17, 15) is 10.1 Å². The second kappa shape index (κ2) is 8.45. The van der Waals surface area contributed by atoms with Gasteiger partial charge in [-0.15, -0.1) is 11.3 Å². The Balaban J connectivity index is 1.53. The molecule has 0 saturated carbocycles. The fraction of sp³-hybridized carbons (Fsp3) is 0.300. The topological polar surface area (TPSA) is 93.0 Å². The number of nitro groups is 1. The third kappa shape index (κ3) is 4.02. The highest BCUT2D eigenvalue weighted by molar-refractivity contribution is 7.14. The molecule has 1 fully saturated rings. The van der Waals surface area contributed by atoms with Crippen molar-refractivity contribution < 1.29 is 4.92 Å². The molecule has 8 heteroatoms. The van der Waals surface area contributed by atoms with Gasteiger partial charge in [0.1, 0.15) is 0 Å². The molecule has 144 valence electrons. The van der Waals surface area contributed by atoms with Gasteiger partial charge in [0.05, 0.1) is 10.6 Å². The minimum atomic E-state index is -0.245. The van der Waals surface area contributed by atoms with E-state index in [4.69, 9.17) is 0 Å². The van der Waals surface area contributed by atoms with E-state index < -0.39 is 0 Å². The van der Waals surface area contributed by atoms with Gasteiger partial charge in [-0.3, -0.25) is 15.1 Å². The molecule has 1 aromatic carbocycles. The van der Waals surface area contributed by atoms with Crippen molar-refractivity contribution in [1.29, 1.82) is 0 Å². The van der Waals surface area contributed by atoms with E-state index in [0.29, 0.717) is 12.1 Å². The van der Waals surface area contributed by atoms with E-state index in [1.54, 1.807) is 12.4 Å². The van der Waals surface area contributed by atoms with Gasteiger partial charge in [0.15, 0.2) is 5.13 Å². The Morgan fingerprint density at radius 3 is 2.89 bits per heavy atom. The van der Waals surface area contributed by atoms with Gasteiger partial charge in [0.25, 0.3) is 5.69 Å². The number of nitrogens with one attached hydrogen (secondary N) is 2. The summed E-state index contributed by atoms with van der Waals surface area (Å²) in [6, 6.07) is 9.45. The zero-order valence-corrected chi connectivity index (χ0v) is 16.1. The maximum absolute atomic E-state index is 11.8. The average molecular weight is 395 g/mol. The first-order valence-corrected chi connectivity index (χ1v) is 10.2. The maximum Gasteiger partial charge on any atom is 0.277 e. The minimum absolute atomic E-state index is 0.187. The van der Waals surface area contributed by atoms with Crippen LogP contribution in [0.5, 0.6) is 0 Å². The molecule has 1 aliphatic heterocycles. The van der Waals surface area contributed by atoms with Crippen molar-refractivity contribution in [3.8, 4) is 11.3 Å². The van der Waals surface area contributed by atoms with Crippen LogP contribution >= 0.6 is 11.3 Å². The second-order valence-corrected chi connectivity index (χ2v) is 7.64. The third-order valence-electron chi connectivity index (χ3n) is 4.98. The van der Waals surface area contributed by atoms with Crippen LogP contribution in [-0.2, 0) is 6.54 Å². The van der Waals surface area contributed by atoms with Crippen molar-refractivity contribution in [2.45, 2.75) is 25.3 Å². The van der Waals surface area contributed by atoms with Gasteiger partial charge in [0, 0.05) is 53.5 Å². The largest absolute Gasteiger partial charge is 0.357 e. The van der Waals surface area contributed by atoms with Crippen LogP contribution in [0.15, 0.2) is 48.1 Å². The molecule has 0 aliphatic carbocycles. The number of thiazole rings is 1. The van der Waals surface area contributed by atoms with Crippen LogP contribution in [-0.4, -0.2) is 28.0 Å². The minimum Gasteiger partial charge on any atom is -0.357 e. The average Bonchev–Trinajstić information content (AvgIpc) is 3.22. The highest BCUT2D eigenvalue weighted by atomic mass is 32.1. The smallest absolute Gasteiger partial charge is 0.277 e. The molecule has 3 aromatic rings. The summed E-state index contributed by atoms with van der Waals surface area (Å²) in [5.41, 5.74) is 3.61. The number of nitrogens with zero attached hydrogens (tertiary/aromatic N) is 3. The molecule has 1 atom stereocenters. The Kier molecular flexibility index (Phi) is 5.59. The predicted molar refractivity (Wildman–Crippen MR) is 111 cm³/mol. The summed E-state index contributed by atoms with van der Waals surface area (Å²) < 4.78 is 0. The summed E-state index contributed by atoms with van der Waals surface area (Å²) in [4.78, 5) is 20.2. The summed E-state index contributed by atoms with van der Waals surface area (Å²) in [7, 11) is 0. The van der Waals surface area contributed by atoms with Crippen molar-refractivity contribution >= 4 is 22.2 Å². The summed E-state index contributed by atoms with van der Waals surface area (Å²) in [5, 5.41) is 21.1. The lowest BCUT2D eigenvalue weighted by atomic mass is 9.89. The van der Waals surface area contributed by atoms with Crippen molar-refractivity contribution in [3.05, 3.63) is 69.3 Å². The molecule has 0 radical (unpaired) electrons. The molecule has 0 spiro atoms. The SMILES string of the molecule is O=[N+]([O-])c1c(CNc2nc(-c3ccncc3)cs2)cccc1C1CCCNC1. The maximum atomic E-state index is 11.8. The molecule has 0 bridgehead atoms. The van der Waals surface area contributed by atoms with E-state index >= 15 is 0 Å². The van der Waals surface area contributed by atoms with Crippen molar-refractivity contribution in [2.24, 2.45) is 0 Å². The molecule has 3 heterocycles. The van der Waals surface area contributed by atoms with E-state index in [0.717, 1.165) is 47.9 Å². The molecule has 2 aromatic heterocycles. The first-order valence-electron chi connectivity index (χ1n) is 9.29. The van der Waals surface area contributed by atoms with Crippen LogP contribution in [0.1, 0.15) is 29.9 Å². The Hall–Kier alpha value is -2.84. The Morgan fingerprint density at radius 1 is 1.29 bits per heavy atom. The molecule has 7 nitrogen and oxygen atoms in total. The summed E-state index contributed by atoms with van der Waals surface area (Å²) in [6.07, 6.45) is 5.49. The summed E-state index contributed by atoms with van der Waals surface area (Å²) in [6.45, 7) is 2.14. The third-order valence-corrected chi connectivity index (χ3v) is 5.78. The van der Waals surface area contributed by atoms with Gasteiger partial charge < -0.3 is 10.6 Å². The van der Waals surface area contributed by atoms with Crippen molar-refractivity contribution in [1.82, 2.24) is 15.3 Å². The molecular weight excluding hydrogens is 374 g/mol. The first kappa shape index (κ1) is 18.5. The van der Waals surface area contributed by atoms with Gasteiger partial charge in [-0.1, -0.05) is 18.2 Å². The van der Waals surface area contributed by atoms with Crippen LogP contribution in [0.25, 0.3) is 11.3 Å². The molecule has 0 amide bonds. The lowest BCUT2D eigenvalue weighted by Crippen LogP contribution is -2.28. The molecule has 1 aliphatic rings. The van der Waals surface area contributed by atoms with Crippen molar-refractivity contribution in [3.63, 3.8) is 0 Å². The standard InChI is InChI=1S/C20H21N5O2S/c26-25(27)19-16(3-1-5-17(19)15-4-2-8-22-11-15)12-23-20-24-18(13-28-20)14-6-9-21-10-7-14/h1,3,5-7,9-10,13,15,22H,2,4,8,11-12H2,(H,23,24). The van der Waals surface area contributed by atoms with Crippen LogP contribution in [0, 0.1) is 10.1 Å². The van der Waals surface area contributed by atoms with Gasteiger partial charge in [-0.05, 0) is 31.5 Å². The zero-order chi connectivity index (χ0) is 19.3. The lowest BCUT2D eigenvalue weighted by molar-refractivity contribution is -0.386. The van der Waals surface area contributed by atoms with Crippen LogP contribution in [0.4, 0.5) is 10.8 Å². The first-order chi connectivity index (χ1) is 13.7. The Bertz CT molecular complexity index is 954. The molecule has 2 N–H and O–H groups in total. The Morgan fingerprint density at radius 2 is 2.14 bits per heavy atom. The number of rotatable bonds is 6. The molecule has 28 heavy (non-hydrogen) atoms. The van der Waals surface area contributed by atoms with Crippen molar-refractivity contribution in [2.75, 3.05) is 18.4 Å². The van der Waals surface area contributed by atoms with E-state index in [1.807, 2.05) is 35.7 Å². The number of hydrogen-bond acceptors (Lipinski definition) is 7. The van der Waals surface area contributed by atoms with Crippen LogP contribution < -0.4 is 10.6 Å². The summed E-state index contributed by atoms with van der Waals surface area (Å²) in [5.74, 6) is 0.187. The quantitative estimate of drug-likeness (QED) is 0.480. The number of pyridine rings is 1. The number of anilines is 1. The number of aromatic nitrogens is 2. The number of benzene rings is 1. The summed E-state index contributed by atoms with van der Waals surface area (Å²) >= 11 is 1.49. The predicted octanol–water partition coefficient (Wildman–Crippen LogP) is 4.19. The number of hydrogen-bond donors (Lipinski definition) is 2. The highest BCUT2D eigenvalue weighted by Gasteiger charge is 2.26. The van der Waals surface area contributed by atoms with Gasteiger partial charge in [-0.2, -0.15) is 0 Å².